The molecule has 5 N–H and O–H groups in total. The average Bonchev–Trinajstić information content (AvgIpc) is 3.17. The molecule has 0 saturated carbocycles. The molecule has 10 nitrogen and oxygen atoms in total. The van der Waals surface area contributed by atoms with Gasteiger partial charge >= 0.3 is 12.1 Å². The lowest BCUT2D eigenvalue weighted by Crippen LogP contribution is -2.37. The van der Waals surface area contributed by atoms with Gasteiger partial charge in [-0.3, -0.25) is 9.36 Å². The fraction of sp³-hybridized carbons (Fsp3) is 0.571. The van der Waals surface area contributed by atoms with Gasteiger partial charge in [0.1, 0.15) is 23.7 Å². The first-order valence-corrected chi connectivity index (χ1v) is 7.99. The van der Waals surface area contributed by atoms with Crippen LogP contribution in [-0.2, 0) is 16.0 Å². The van der Waals surface area contributed by atoms with E-state index in [-0.39, 0.29) is 48.8 Å². The molecular formula is C14H17F3N6O4. The molecule has 1 amide bonds. The number of carbonyl (C=O) groups excluding carboxylic acids is 1. The van der Waals surface area contributed by atoms with Crippen molar-refractivity contribution >= 4 is 22.9 Å². The maximum absolute atomic E-state index is 12.2. The molecule has 3 heterocycles. The Labute approximate surface area is 150 Å². The summed E-state index contributed by atoms with van der Waals surface area (Å²) >= 11 is 0. The maximum atomic E-state index is 12.2. The highest BCUT2D eigenvalue weighted by Crippen LogP contribution is 2.31. The standard InChI is InChI=1S/C14H17F3N6O4/c15-14(16,17)13(26)19-2-1-8-21-11(18)10-12(22-8)23(5-20-10)9-3-6(25)7(4-24)27-9/h5-7,9,24-25H,1-4H2,(H,19,26)(H2,18,21,22)/t6-,7+,9+/m0/s1. The van der Waals surface area contributed by atoms with Crippen LogP contribution in [0.25, 0.3) is 11.2 Å². The molecule has 1 fully saturated rings. The third-order valence-electron chi connectivity index (χ3n) is 4.08. The lowest BCUT2D eigenvalue weighted by molar-refractivity contribution is -0.173. The summed E-state index contributed by atoms with van der Waals surface area (Å²) in [5, 5.41) is 20.8. The van der Waals surface area contributed by atoms with Crippen molar-refractivity contribution in [2.45, 2.75) is 37.5 Å². The zero-order valence-corrected chi connectivity index (χ0v) is 13.8. The molecule has 0 spiro atoms. The van der Waals surface area contributed by atoms with Gasteiger partial charge in [0.15, 0.2) is 11.5 Å². The number of nitrogens with one attached hydrogen (secondary N) is 1. The second-order valence-corrected chi connectivity index (χ2v) is 5.97. The molecule has 2 aromatic rings. The Hall–Kier alpha value is -2.51. The summed E-state index contributed by atoms with van der Waals surface area (Å²) in [7, 11) is 0. The summed E-state index contributed by atoms with van der Waals surface area (Å²) in [6.45, 7) is -0.686. The molecule has 3 rings (SSSR count). The quantitative estimate of drug-likeness (QED) is 0.522. The van der Waals surface area contributed by atoms with Gasteiger partial charge in [-0.2, -0.15) is 13.2 Å². The molecule has 1 saturated heterocycles. The van der Waals surface area contributed by atoms with Gasteiger partial charge in [0.05, 0.1) is 19.0 Å². The second kappa shape index (κ2) is 7.25. The Morgan fingerprint density at radius 1 is 1.44 bits per heavy atom. The highest BCUT2D eigenvalue weighted by molar-refractivity contribution is 5.82. The number of aliphatic hydroxyl groups excluding tert-OH is 2. The fourth-order valence-corrected chi connectivity index (χ4v) is 2.75. The van der Waals surface area contributed by atoms with Crippen LogP contribution in [0.1, 0.15) is 18.5 Å². The molecular weight excluding hydrogens is 373 g/mol. The third-order valence-corrected chi connectivity index (χ3v) is 4.08. The van der Waals surface area contributed by atoms with E-state index in [2.05, 4.69) is 15.0 Å². The van der Waals surface area contributed by atoms with Gasteiger partial charge in [0, 0.05) is 19.4 Å². The van der Waals surface area contributed by atoms with Crippen LogP contribution in [0, 0.1) is 0 Å². The van der Waals surface area contributed by atoms with E-state index in [9.17, 15) is 28.2 Å². The van der Waals surface area contributed by atoms with Crippen molar-refractivity contribution < 1.29 is 32.9 Å². The molecule has 13 heteroatoms. The van der Waals surface area contributed by atoms with E-state index >= 15 is 0 Å². The lowest BCUT2D eigenvalue weighted by Gasteiger charge is -2.14. The monoisotopic (exact) mass is 390 g/mol. The number of hydrogen-bond acceptors (Lipinski definition) is 8. The van der Waals surface area contributed by atoms with Gasteiger partial charge in [0.25, 0.3) is 0 Å². The number of ether oxygens (including phenoxy) is 1. The highest BCUT2D eigenvalue weighted by Gasteiger charge is 2.38. The molecule has 0 bridgehead atoms. The second-order valence-electron chi connectivity index (χ2n) is 5.97. The van der Waals surface area contributed by atoms with Crippen LogP contribution in [0.3, 0.4) is 0 Å². The van der Waals surface area contributed by atoms with Crippen LogP contribution >= 0.6 is 0 Å². The van der Waals surface area contributed by atoms with Crippen molar-refractivity contribution in [1.29, 1.82) is 0 Å². The molecule has 0 radical (unpaired) electrons. The first-order valence-electron chi connectivity index (χ1n) is 7.99. The van der Waals surface area contributed by atoms with E-state index in [1.807, 2.05) is 0 Å². The molecule has 1 aliphatic rings. The number of carbonyl (C=O) groups is 1. The van der Waals surface area contributed by atoms with Gasteiger partial charge in [-0.25, -0.2) is 15.0 Å². The SMILES string of the molecule is Nc1nc(CCNC(=O)C(F)(F)F)nc2c1ncn2[C@H]1C[C@H](O)[C@@H](CO)O1. The summed E-state index contributed by atoms with van der Waals surface area (Å²) in [6, 6.07) is 0. The predicted molar refractivity (Wildman–Crippen MR) is 84.1 cm³/mol. The number of halogens is 3. The Bertz CT molecular complexity index is 842. The topological polar surface area (TPSA) is 148 Å². The highest BCUT2D eigenvalue weighted by atomic mass is 19.4. The minimum atomic E-state index is -4.97. The molecule has 1 aliphatic heterocycles. The van der Waals surface area contributed by atoms with E-state index in [1.165, 1.54) is 10.9 Å². The Morgan fingerprint density at radius 2 is 2.19 bits per heavy atom. The van der Waals surface area contributed by atoms with E-state index in [4.69, 9.17) is 10.5 Å². The number of anilines is 1. The van der Waals surface area contributed by atoms with Gasteiger partial charge in [-0.1, -0.05) is 0 Å². The molecule has 148 valence electrons. The van der Waals surface area contributed by atoms with E-state index < -0.39 is 30.5 Å². The minimum absolute atomic E-state index is 0.0214. The van der Waals surface area contributed by atoms with Crippen molar-refractivity contribution in [1.82, 2.24) is 24.8 Å². The van der Waals surface area contributed by atoms with Gasteiger partial charge < -0.3 is 26.0 Å². The average molecular weight is 390 g/mol. The number of fused-ring (bicyclic) bond motifs is 1. The van der Waals surface area contributed by atoms with Crippen LogP contribution in [0.2, 0.25) is 0 Å². The Morgan fingerprint density at radius 3 is 2.81 bits per heavy atom. The third kappa shape index (κ3) is 3.94. The number of nitrogens with zero attached hydrogens (tertiary/aromatic N) is 4. The van der Waals surface area contributed by atoms with E-state index in [0.29, 0.717) is 0 Å². The number of hydrogen-bond donors (Lipinski definition) is 4. The predicted octanol–water partition coefficient (Wildman–Crippen LogP) is -0.730. The zero-order valence-electron chi connectivity index (χ0n) is 13.8. The summed E-state index contributed by atoms with van der Waals surface area (Å²) in [5.41, 5.74) is 6.37. The van der Waals surface area contributed by atoms with Crippen molar-refractivity contribution in [2.75, 3.05) is 18.9 Å². The van der Waals surface area contributed by atoms with Crippen LogP contribution in [0.4, 0.5) is 19.0 Å². The minimum Gasteiger partial charge on any atom is -0.394 e. The lowest BCUT2D eigenvalue weighted by atomic mass is 10.2. The number of nitrogens with two attached hydrogens (primary N) is 1. The molecule has 0 unspecified atom stereocenters. The largest absolute Gasteiger partial charge is 0.471 e. The van der Waals surface area contributed by atoms with Gasteiger partial charge in [-0.15, -0.1) is 0 Å². The summed E-state index contributed by atoms with van der Waals surface area (Å²) in [5.74, 6) is -1.92. The zero-order chi connectivity index (χ0) is 19.8. The molecule has 0 aliphatic carbocycles. The van der Waals surface area contributed by atoms with Crippen LogP contribution < -0.4 is 11.1 Å². The Kier molecular flexibility index (Phi) is 5.17. The van der Waals surface area contributed by atoms with Crippen molar-refractivity contribution in [3.8, 4) is 0 Å². The van der Waals surface area contributed by atoms with E-state index in [1.54, 1.807) is 5.32 Å². The van der Waals surface area contributed by atoms with Crippen LogP contribution in [0.5, 0.6) is 0 Å². The number of aromatic nitrogens is 4. The summed E-state index contributed by atoms with van der Waals surface area (Å²) in [6.07, 6.45) is -5.72. The van der Waals surface area contributed by atoms with Crippen molar-refractivity contribution in [3.63, 3.8) is 0 Å². The fourth-order valence-electron chi connectivity index (χ4n) is 2.75. The Balaban J connectivity index is 1.78. The summed E-state index contributed by atoms with van der Waals surface area (Å²) in [4.78, 5) is 23.1. The first-order chi connectivity index (χ1) is 12.7. The van der Waals surface area contributed by atoms with Crippen molar-refractivity contribution in [2.24, 2.45) is 0 Å². The van der Waals surface area contributed by atoms with Gasteiger partial charge in [-0.05, 0) is 0 Å². The number of rotatable bonds is 5. The normalized spacial score (nSPS) is 23.1. The number of imidazole rings is 1. The van der Waals surface area contributed by atoms with Gasteiger partial charge in [0.2, 0.25) is 0 Å². The number of amides is 1. The van der Waals surface area contributed by atoms with Crippen molar-refractivity contribution in [3.05, 3.63) is 12.2 Å². The molecule has 3 atom stereocenters. The van der Waals surface area contributed by atoms with Crippen LogP contribution in [-0.4, -0.2) is 67.2 Å². The smallest absolute Gasteiger partial charge is 0.394 e. The number of aliphatic hydroxyl groups is 2. The van der Waals surface area contributed by atoms with Crippen LogP contribution in [0.15, 0.2) is 6.33 Å². The molecule has 2 aromatic heterocycles. The summed E-state index contributed by atoms with van der Waals surface area (Å²) < 4.78 is 43.6. The maximum Gasteiger partial charge on any atom is 0.471 e. The van der Waals surface area contributed by atoms with E-state index in [0.717, 1.165) is 0 Å². The molecule has 27 heavy (non-hydrogen) atoms. The molecule has 0 aromatic carbocycles. The number of nitrogen functional groups attached to an aromatic ring is 1. The first kappa shape index (κ1) is 19.3. The number of alkyl halides is 3.